The van der Waals surface area contributed by atoms with E-state index in [4.69, 9.17) is 4.74 Å². The number of rotatable bonds is 4. The van der Waals surface area contributed by atoms with Crippen molar-refractivity contribution < 1.29 is 19.1 Å². The highest BCUT2D eigenvalue weighted by atomic mass is 16.5. The van der Waals surface area contributed by atoms with Crippen molar-refractivity contribution in [3.05, 3.63) is 77.9 Å². The second-order valence-corrected chi connectivity index (χ2v) is 9.00. The molecule has 2 amide bonds. The molecule has 3 aromatic carbocycles. The molecule has 1 atom stereocenters. The number of likely N-dealkylation sites (tertiary alicyclic amines) is 1. The van der Waals surface area contributed by atoms with Crippen LogP contribution in [0.1, 0.15) is 35.2 Å². The Morgan fingerprint density at radius 1 is 0.882 bits per heavy atom. The van der Waals surface area contributed by atoms with Crippen molar-refractivity contribution in [2.24, 2.45) is 5.92 Å². The fraction of sp³-hybridized carbons (Fsp3) is 0.321. The fourth-order valence-electron chi connectivity index (χ4n) is 5.06. The van der Waals surface area contributed by atoms with Crippen molar-refractivity contribution in [1.29, 1.82) is 0 Å². The topological polar surface area (TPSA) is 66.9 Å². The molecule has 1 saturated heterocycles. The van der Waals surface area contributed by atoms with Crippen LogP contribution >= 0.6 is 0 Å². The number of carbonyl (C=O) groups excluding carboxylic acids is 3. The molecule has 2 aliphatic heterocycles. The van der Waals surface area contributed by atoms with Gasteiger partial charge < -0.3 is 14.5 Å². The number of piperidine rings is 1. The van der Waals surface area contributed by atoms with Gasteiger partial charge in [0.1, 0.15) is 0 Å². The number of aryl methyl sites for hydroxylation is 1. The molecule has 1 unspecified atom stereocenters. The third kappa shape index (κ3) is 4.40. The predicted octanol–water partition coefficient (Wildman–Crippen LogP) is 4.21. The molecule has 5 rings (SSSR count). The van der Waals surface area contributed by atoms with E-state index in [1.54, 1.807) is 9.80 Å². The first-order chi connectivity index (χ1) is 16.6. The number of para-hydroxylation sites is 1. The van der Waals surface area contributed by atoms with Crippen molar-refractivity contribution >= 4 is 34.2 Å². The molecule has 0 aliphatic carbocycles. The van der Waals surface area contributed by atoms with E-state index >= 15 is 0 Å². The summed E-state index contributed by atoms with van der Waals surface area (Å²) in [7, 11) is 0. The highest BCUT2D eigenvalue weighted by molar-refractivity contribution is 6.07. The predicted molar refractivity (Wildman–Crippen MR) is 131 cm³/mol. The van der Waals surface area contributed by atoms with E-state index in [-0.39, 0.29) is 18.4 Å². The summed E-state index contributed by atoms with van der Waals surface area (Å²) in [5.41, 5.74) is 2.69. The van der Waals surface area contributed by atoms with Gasteiger partial charge in [-0.25, -0.2) is 0 Å². The van der Waals surface area contributed by atoms with Crippen molar-refractivity contribution in [1.82, 2.24) is 4.90 Å². The largest absolute Gasteiger partial charge is 0.455 e. The molecule has 34 heavy (non-hydrogen) atoms. The first-order valence-electron chi connectivity index (χ1n) is 11.9. The summed E-state index contributed by atoms with van der Waals surface area (Å²) in [6, 6.07) is 21.4. The minimum atomic E-state index is -0.422. The van der Waals surface area contributed by atoms with Gasteiger partial charge in [0, 0.05) is 30.9 Å². The number of esters is 1. The fourth-order valence-corrected chi connectivity index (χ4v) is 5.06. The standard InChI is InChI=1S/C28H28N2O4/c31-26(30-17-7-11-21-9-2-4-15-25(21)30)19-34-28(33)22-12-6-16-29(18-22)27(32)24-14-5-10-20-8-1-3-13-23(20)24/h1-5,8-10,13-15,22H,6-7,11-12,16-19H2. The van der Waals surface area contributed by atoms with Crippen molar-refractivity contribution in [2.75, 3.05) is 31.1 Å². The zero-order valence-corrected chi connectivity index (χ0v) is 19.1. The maximum atomic E-state index is 13.3. The molecule has 1 fully saturated rings. The van der Waals surface area contributed by atoms with Crippen molar-refractivity contribution in [2.45, 2.75) is 25.7 Å². The highest BCUT2D eigenvalue weighted by Crippen LogP contribution is 2.27. The SMILES string of the molecule is O=C(OCC(=O)N1CCCc2ccccc21)C1CCCN(C(=O)c2cccc3ccccc23)C1. The number of nitrogens with zero attached hydrogens (tertiary/aromatic N) is 2. The zero-order valence-electron chi connectivity index (χ0n) is 19.1. The summed E-state index contributed by atoms with van der Waals surface area (Å²) >= 11 is 0. The molecule has 0 aromatic heterocycles. The van der Waals surface area contributed by atoms with Gasteiger partial charge in [0.2, 0.25) is 0 Å². The van der Waals surface area contributed by atoms with Crippen LogP contribution in [0.5, 0.6) is 0 Å². The first-order valence-corrected chi connectivity index (χ1v) is 11.9. The first kappa shape index (κ1) is 22.1. The number of carbonyl (C=O) groups is 3. The monoisotopic (exact) mass is 456 g/mol. The summed E-state index contributed by atoms with van der Waals surface area (Å²) in [6.45, 7) is 1.27. The van der Waals surface area contributed by atoms with Crippen LogP contribution in [-0.4, -0.2) is 48.9 Å². The van der Waals surface area contributed by atoms with E-state index in [1.165, 1.54) is 0 Å². The van der Waals surface area contributed by atoms with Crippen LogP contribution in [0.2, 0.25) is 0 Å². The average Bonchev–Trinajstić information content (AvgIpc) is 2.90. The lowest BCUT2D eigenvalue weighted by atomic mass is 9.96. The van der Waals surface area contributed by atoms with Gasteiger partial charge in [0.15, 0.2) is 6.61 Å². The molecule has 0 saturated carbocycles. The highest BCUT2D eigenvalue weighted by Gasteiger charge is 2.31. The molecule has 174 valence electrons. The summed E-state index contributed by atoms with van der Waals surface area (Å²) in [6.07, 6.45) is 3.22. The van der Waals surface area contributed by atoms with Gasteiger partial charge in [-0.1, -0.05) is 54.6 Å². The summed E-state index contributed by atoms with van der Waals surface area (Å²) in [5, 5.41) is 1.92. The Morgan fingerprint density at radius 2 is 1.68 bits per heavy atom. The quantitative estimate of drug-likeness (QED) is 0.552. The Hall–Kier alpha value is -3.67. The smallest absolute Gasteiger partial charge is 0.311 e. The van der Waals surface area contributed by atoms with E-state index in [0.29, 0.717) is 31.6 Å². The van der Waals surface area contributed by atoms with Crippen molar-refractivity contribution in [3.63, 3.8) is 0 Å². The Kier molecular flexibility index (Phi) is 6.30. The van der Waals surface area contributed by atoms with Gasteiger partial charge in [0.25, 0.3) is 11.8 Å². The van der Waals surface area contributed by atoms with Crippen LogP contribution in [0.15, 0.2) is 66.7 Å². The van der Waals surface area contributed by atoms with Crippen LogP contribution in [-0.2, 0) is 20.7 Å². The van der Waals surface area contributed by atoms with Gasteiger partial charge in [-0.2, -0.15) is 0 Å². The number of fused-ring (bicyclic) bond motifs is 2. The van der Waals surface area contributed by atoms with Crippen molar-refractivity contribution in [3.8, 4) is 0 Å². The number of hydrogen-bond donors (Lipinski definition) is 0. The van der Waals surface area contributed by atoms with Gasteiger partial charge in [-0.3, -0.25) is 14.4 Å². The maximum absolute atomic E-state index is 13.3. The van der Waals surface area contributed by atoms with Crippen LogP contribution in [0.3, 0.4) is 0 Å². The molecule has 6 heteroatoms. The normalized spacial score (nSPS) is 17.8. The van der Waals surface area contributed by atoms with Crippen LogP contribution < -0.4 is 4.90 Å². The molecule has 0 bridgehead atoms. The number of hydrogen-bond acceptors (Lipinski definition) is 4. The van der Waals surface area contributed by atoms with Crippen LogP contribution in [0.4, 0.5) is 5.69 Å². The van der Waals surface area contributed by atoms with Crippen LogP contribution in [0.25, 0.3) is 10.8 Å². The van der Waals surface area contributed by atoms with E-state index in [9.17, 15) is 14.4 Å². The number of amides is 2. The minimum absolute atomic E-state index is 0.0738. The third-order valence-electron chi connectivity index (χ3n) is 6.81. The number of ether oxygens (including phenoxy) is 1. The summed E-state index contributed by atoms with van der Waals surface area (Å²) < 4.78 is 5.45. The average molecular weight is 457 g/mol. The lowest BCUT2D eigenvalue weighted by Gasteiger charge is -2.32. The van der Waals surface area contributed by atoms with Gasteiger partial charge >= 0.3 is 5.97 Å². The Labute approximate surface area is 199 Å². The number of anilines is 1. The molecule has 2 heterocycles. The van der Waals surface area contributed by atoms with E-state index < -0.39 is 11.9 Å². The van der Waals surface area contributed by atoms with Crippen LogP contribution in [0, 0.1) is 5.92 Å². The summed E-state index contributed by atoms with van der Waals surface area (Å²) in [4.78, 5) is 42.4. The minimum Gasteiger partial charge on any atom is -0.455 e. The van der Waals surface area contributed by atoms with Gasteiger partial charge in [-0.05, 0) is 54.2 Å². The van der Waals surface area contributed by atoms with E-state index in [2.05, 4.69) is 0 Å². The molecule has 2 aliphatic rings. The maximum Gasteiger partial charge on any atom is 0.311 e. The zero-order chi connectivity index (χ0) is 23.5. The molecule has 0 spiro atoms. The Morgan fingerprint density at radius 3 is 2.59 bits per heavy atom. The van der Waals surface area contributed by atoms with E-state index in [1.807, 2.05) is 66.7 Å². The molecule has 0 radical (unpaired) electrons. The molecule has 6 nitrogen and oxygen atoms in total. The molecular formula is C28H28N2O4. The second kappa shape index (κ2) is 9.67. The lowest BCUT2D eigenvalue weighted by Crippen LogP contribution is -2.44. The summed E-state index contributed by atoms with van der Waals surface area (Å²) in [5.74, 6) is -1.11. The van der Waals surface area contributed by atoms with Gasteiger partial charge in [-0.15, -0.1) is 0 Å². The molecule has 3 aromatic rings. The second-order valence-electron chi connectivity index (χ2n) is 9.00. The lowest BCUT2D eigenvalue weighted by molar-refractivity contribution is -0.153. The molecule has 0 N–H and O–H groups in total. The van der Waals surface area contributed by atoms with E-state index in [0.717, 1.165) is 41.3 Å². The Bertz CT molecular complexity index is 1230. The Balaban J connectivity index is 1.22. The third-order valence-corrected chi connectivity index (χ3v) is 6.81. The van der Waals surface area contributed by atoms with Gasteiger partial charge in [0.05, 0.1) is 5.92 Å². The number of benzene rings is 3. The molecular weight excluding hydrogens is 428 g/mol.